The van der Waals surface area contributed by atoms with Crippen LogP contribution in [0.4, 0.5) is 0 Å². The standard InChI is InChI=1S/C24H17ClO3/c25-20-14-10-19(11-15-20)13-17-24(27)28-23-9-5-4-8-21(23)22(26)16-12-18-6-2-1-3-7-18/h1-17H/b16-12+,17-13+. The smallest absolute Gasteiger partial charge is 0.336 e. The number of halogens is 1. The lowest BCUT2D eigenvalue weighted by atomic mass is 10.1. The summed E-state index contributed by atoms with van der Waals surface area (Å²) < 4.78 is 5.36. The molecular weight excluding hydrogens is 372 g/mol. The Labute approximate surface area is 168 Å². The van der Waals surface area contributed by atoms with Crippen LogP contribution in [0.1, 0.15) is 21.5 Å². The summed E-state index contributed by atoms with van der Waals surface area (Å²) in [5.74, 6) is -0.591. The Kier molecular flexibility index (Phi) is 6.55. The molecule has 4 heteroatoms. The van der Waals surface area contributed by atoms with Gasteiger partial charge in [0.05, 0.1) is 5.56 Å². The molecule has 0 fully saturated rings. The molecule has 0 amide bonds. The first-order valence-corrected chi connectivity index (χ1v) is 9.01. The maximum absolute atomic E-state index is 12.5. The summed E-state index contributed by atoms with van der Waals surface area (Å²) in [5, 5.41) is 0.621. The van der Waals surface area contributed by atoms with Crippen LogP contribution in [0.5, 0.6) is 5.75 Å². The summed E-state index contributed by atoms with van der Waals surface area (Å²) in [6, 6.07) is 23.2. The van der Waals surface area contributed by atoms with Crippen molar-refractivity contribution in [1.82, 2.24) is 0 Å². The van der Waals surface area contributed by atoms with Gasteiger partial charge in [0.1, 0.15) is 5.75 Å². The lowest BCUT2D eigenvalue weighted by Crippen LogP contribution is -2.07. The highest BCUT2D eigenvalue weighted by Crippen LogP contribution is 2.20. The monoisotopic (exact) mass is 388 g/mol. The van der Waals surface area contributed by atoms with E-state index in [1.807, 2.05) is 30.3 Å². The van der Waals surface area contributed by atoms with Gasteiger partial charge in [0.15, 0.2) is 5.78 Å². The zero-order chi connectivity index (χ0) is 19.8. The number of carbonyl (C=O) groups is 2. The van der Waals surface area contributed by atoms with Gasteiger partial charge in [-0.15, -0.1) is 0 Å². The number of allylic oxidation sites excluding steroid dienone is 1. The number of rotatable bonds is 6. The van der Waals surface area contributed by atoms with Crippen molar-refractivity contribution in [2.45, 2.75) is 0 Å². The average Bonchev–Trinajstić information content (AvgIpc) is 2.73. The summed E-state index contributed by atoms with van der Waals surface area (Å²) in [5.41, 5.74) is 2.05. The molecule has 0 saturated heterocycles. The molecular formula is C24H17ClO3. The van der Waals surface area contributed by atoms with Crippen LogP contribution in [-0.4, -0.2) is 11.8 Å². The molecule has 0 unspecified atom stereocenters. The van der Waals surface area contributed by atoms with Gasteiger partial charge < -0.3 is 4.74 Å². The molecule has 0 N–H and O–H groups in total. The Morgan fingerprint density at radius 2 is 1.32 bits per heavy atom. The van der Waals surface area contributed by atoms with Gasteiger partial charge in [0.2, 0.25) is 0 Å². The number of ketones is 1. The second kappa shape index (κ2) is 9.49. The molecule has 3 aromatic carbocycles. The maximum atomic E-state index is 12.5. The van der Waals surface area contributed by atoms with Gasteiger partial charge in [-0.05, 0) is 47.5 Å². The van der Waals surface area contributed by atoms with E-state index in [1.165, 1.54) is 12.2 Å². The van der Waals surface area contributed by atoms with Crippen molar-refractivity contribution in [3.05, 3.63) is 113 Å². The van der Waals surface area contributed by atoms with E-state index in [9.17, 15) is 9.59 Å². The second-order valence-corrected chi connectivity index (χ2v) is 6.35. The van der Waals surface area contributed by atoms with E-state index < -0.39 is 5.97 Å². The summed E-state index contributed by atoms with van der Waals surface area (Å²) in [4.78, 5) is 24.7. The highest BCUT2D eigenvalue weighted by molar-refractivity contribution is 6.30. The van der Waals surface area contributed by atoms with Crippen molar-refractivity contribution in [3.8, 4) is 5.75 Å². The van der Waals surface area contributed by atoms with Crippen LogP contribution >= 0.6 is 11.6 Å². The van der Waals surface area contributed by atoms with Crippen LogP contribution in [0, 0.1) is 0 Å². The highest BCUT2D eigenvalue weighted by Gasteiger charge is 2.11. The molecule has 138 valence electrons. The van der Waals surface area contributed by atoms with Crippen molar-refractivity contribution in [2.75, 3.05) is 0 Å². The molecule has 0 aliphatic carbocycles. The number of benzene rings is 3. The van der Waals surface area contributed by atoms with E-state index in [0.29, 0.717) is 10.6 Å². The molecule has 0 aliphatic heterocycles. The zero-order valence-electron chi connectivity index (χ0n) is 14.9. The highest BCUT2D eigenvalue weighted by atomic mass is 35.5. The van der Waals surface area contributed by atoms with Crippen molar-refractivity contribution in [3.63, 3.8) is 0 Å². The third kappa shape index (κ3) is 5.53. The Bertz CT molecular complexity index is 1020. The molecule has 0 heterocycles. The zero-order valence-corrected chi connectivity index (χ0v) is 15.7. The minimum absolute atomic E-state index is 0.218. The SMILES string of the molecule is O=C(/C=C/c1ccc(Cl)cc1)Oc1ccccc1C(=O)/C=C/c1ccccc1. The Morgan fingerprint density at radius 3 is 2.07 bits per heavy atom. The van der Waals surface area contributed by atoms with Crippen molar-refractivity contribution < 1.29 is 14.3 Å². The van der Waals surface area contributed by atoms with Crippen LogP contribution in [0.2, 0.25) is 5.02 Å². The maximum Gasteiger partial charge on any atom is 0.336 e. The summed E-state index contributed by atoms with van der Waals surface area (Å²) in [6.07, 6.45) is 6.12. The Morgan fingerprint density at radius 1 is 0.714 bits per heavy atom. The van der Waals surface area contributed by atoms with E-state index in [4.69, 9.17) is 16.3 Å². The van der Waals surface area contributed by atoms with Crippen molar-refractivity contribution in [2.24, 2.45) is 0 Å². The number of ether oxygens (including phenoxy) is 1. The molecule has 0 radical (unpaired) electrons. The van der Waals surface area contributed by atoms with E-state index in [1.54, 1.807) is 60.7 Å². The fraction of sp³-hybridized carbons (Fsp3) is 0. The van der Waals surface area contributed by atoms with E-state index in [-0.39, 0.29) is 11.5 Å². The predicted molar refractivity (Wildman–Crippen MR) is 112 cm³/mol. The number of para-hydroxylation sites is 1. The van der Waals surface area contributed by atoms with Gasteiger partial charge in [0, 0.05) is 11.1 Å². The quantitative estimate of drug-likeness (QED) is 0.230. The number of hydrogen-bond acceptors (Lipinski definition) is 3. The summed E-state index contributed by atoms with van der Waals surface area (Å²) in [6.45, 7) is 0. The van der Waals surface area contributed by atoms with E-state index >= 15 is 0 Å². The van der Waals surface area contributed by atoms with Crippen molar-refractivity contribution in [1.29, 1.82) is 0 Å². The minimum Gasteiger partial charge on any atom is -0.423 e. The minimum atomic E-state index is -0.567. The normalized spacial score (nSPS) is 11.0. The molecule has 0 aliphatic rings. The van der Waals surface area contributed by atoms with Gasteiger partial charge in [-0.1, -0.05) is 72.3 Å². The summed E-state index contributed by atoms with van der Waals surface area (Å²) in [7, 11) is 0. The second-order valence-electron chi connectivity index (χ2n) is 5.91. The molecule has 3 rings (SSSR count). The van der Waals surface area contributed by atoms with Gasteiger partial charge in [-0.3, -0.25) is 4.79 Å². The third-order valence-corrected chi connectivity index (χ3v) is 4.12. The van der Waals surface area contributed by atoms with Crippen LogP contribution in [0.3, 0.4) is 0 Å². The molecule has 0 bridgehead atoms. The molecule has 0 saturated carbocycles. The van der Waals surface area contributed by atoms with Crippen molar-refractivity contribution >= 4 is 35.5 Å². The van der Waals surface area contributed by atoms with Gasteiger partial charge in [0.25, 0.3) is 0 Å². The lowest BCUT2D eigenvalue weighted by Gasteiger charge is -2.06. The van der Waals surface area contributed by atoms with E-state index in [0.717, 1.165) is 11.1 Å². The van der Waals surface area contributed by atoms with E-state index in [2.05, 4.69) is 0 Å². The molecule has 0 spiro atoms. The fourth-order valence-corrected chi connectivity index (χ4v) is 2.59. The van der Waals surface area contributed by atoms with Gasteiger partial charge in [-0.2, -0.15) is 0 Å². The van der Waals surface area contributed by atoms with Crippen LogP contribution in [0.15, 0.2) is 91.0 Å². The summed E-state index contributed by atoms with van der Waals surface area (Å²) >= 11 is 5.84. The van der Waals surface area contributed by atoms with Crippen LogP contribution < -0.4 is 4.74 Å². The van der Waals surface area contributed by atoms with Crippen LogP contribution in [-0.2, 0) is 4.79 Å². The largest absolute Gasteiger partial charge is 0.423 e. The number of hydrogen-bond donors (Lipinski definition) is 0. The predicted octanol–water partition coefficient (Wildman–Crippen LogP) is 5.85. The average molecular weight is 389 g/mol. The molecule has 28 heavy (non-hydrogen) atoms. The Balaban J connectivity index is 1.71. The lowest BCUT2D eigenvalue weighted by molar-refractivity contribution is -0.128. The number of carbonyl (C=O) groups excluding carboxylic acids is 2. The third-order valence-electron chi connectivity index (χ3n) is 3.87. The molecule has 3 aromatic rings. The number of esters is 1. The van der Waals surface area contributed by atoms with Gasteiger partial charge in [-0.25, -0.2) is 4.79 Å². The van der Waals surface area contributed by atoms with Crippen LogP contribution in [0.25, 0.3) is 12.2 Å². The molecule has 0 atom stereocenters. The van der Waals surface area contributed by atoms with Gasteiger partial charge >= 0.3 is 5.97 Å². The first-order chi connectivity index (χ1) is 13.6. The first kappa shape index (κ1) is 19.3. The molecule has 0 aromatic heterocycles. The topological polar surface area (TPSA) is 43.4 Å². The fourth-order valence-electron chi connectivity index (χ4n) is 2.47. The molecule has 3 nitrogen and oxygen atoms in total. The Hall–Kier alpha value is -3.43. The first-order valence-electron chi connectivity index (χ1n) is 8.64.